The van der Waals surface area contributed by atoms with E-state index in [9.17, 15) is 0 Å². The van der Waals surface area contributed by atoms with Crippen LogP contribution in [0.15, 0.2) is 6.20 Å². The summed E-state index contributed by atoms with van der Waals surface area (Å²) in [5, 5.41) is 0. The van der Waals surface area contributed by atoms with E-state index in [-0.39, 0.29) is 0 Å². The van der Waals surface area contributed by atoms with Crippen molar-refractivity contribution < 1.29 is 0 Å². The van der Waals surface area contributed by atoms with Crippen molar-refractivity contribution in [3.05, 3.63) is 26.6 Å². The highest BCUT2D eigenvalue weighted by Gasteiger charge is 2.15. The Morgan fingerprint density at radius 1 is 1.36 bits per heavy atom. The molecule has 11 heavy (non-hydrogen) atoms. The van der Waals surface area contributed by atoms with Gasteiger partial charge < -0.3 is 0 Å². The second-order valence-electron chi connectivity index (χ2n) is 3.00. The van der Waals surface area contributed by atoms with Gasteiger partial charge in [0.15, 0.2) is 0 Å². The van der Waals surface area contributed by atoms with Crippen molar-refractivity contribution in [1.82, 2.24) is 4.98 Å². The summed E-state index contributed by atoms with van der Waals surface area (Å²) in [5.41, 5.74) is 4.30. The zero-order valence-corrected chi connectivity index (χ0v) is 8.68. The van der Waals surface area contributed by atoms with E-state index in [4.69, 9.17) is 0 Å². The molecule has 1 heterocycles. The van der Waals surface area contributed by atoms with Gasteiger partial charge in [0.25, 0.3) is 0 Å². The summed E-state index contributed by atoms with van der Waals surface area (Å²) in [6.45, 7) is 2.11. The van der Waals surface area contributed by atoms with Crippen molar-refractivity contribution in [2.45, 2.75) is 26.2 Å². The second kappa shape index (κ2) is 2.73. The first kappa shape index (κ1) is 7.53. The van der Waals surface area contributed by atoms with Gasteiger partial charge in [-0.1, -0.05) is 0 Å². The molecule has 2 heteroatoms. The number of hydrogen-bond donors (Lipinski definition) is 0. The molecule has 0 radical (unpaired) electrons. The van der Waals surface area contributed by atoms with E-state index in [2.05, 4.69) is 34.5 Å². The Hall–Kier alpha value is -0.120. The number of nitrogens with zero attached hydrogens (tertiary/aromatic N) is 1. The maximum Gasteiger partial charge on any atom is 0.0408 e. The first-order valence-corrected chi connectivity index (χ1v) is 5.00. The Balaban J connectivity index is 2.64. The van der Waals surface area contributed by atoms with Crippen LogP contribution in [0.2, 0.25) is 0 Å². The Morgan fingerprint density at radius 2 is 2.09 bits per heavy atom. The minimum Gasteiger partial charge on any atom is -0.260 e. The molecule has 2 rings (SSSR count). The van der Waals surface area contributed by atoms with Crippen molar-refractivity contribution in [2.24, 2.45) is 0 Å². The first-order chi connectivity index (χ1) is 5.29. The molecule has 0 aliphatic heterocycles. The van der Waals surface area contributed by atoms with E-state index in [0.29, 0.717) is 0 Å². The Labute approximate surface area is 80.4 Å². The van der Waals surface area contributed by atoms with Crippen LogP contribution in [-0.4, -0.2) is 4.98 Å². The Bertz CT molecular complexity index is 265. The monoisotopic (exact) mass is 259 g/mol. The lowest BCUT2D eigenvalue weighted by molar-refractivity contribution is 0.906. The van der Waals surface area contributed by atoms with E-state index in [1.807, 2.05) is 6.20 Å². The third-order valence-corrected chi connectivity index (χ3v) is 3.24. The predicted molar refractivity (Wildman–Crippen MR) is 53.7 cm³/mol. The summed E-state index contributed by atoms with van der Waals surface area (Å²) >= 11 is 2.38. The standard InChI is InChI=1S/C9H10IN/c1-6-7-3-2-4-8(7)9(10)5-11-6/h5H,2-4H2,1H3. The summed E-state index contributed by atoms with van der Waals surface area (Å²) in [4.78, 5) is 4.34. The molecule has 1 aromatic rings. The Kier molecular flexibility index (Phi) is 1.87. The predicted octanol–water partition coefficient (Wildman–Crippen LogP) is 2.48. The normalized spacial score (nSPS) is 15.1. The lowest BCUT2D eigenvalue weighted by Crippen LogP contribution is -1.94. The summed E-state index contributed by atoms with van der Waals surface area (Å²) in [7, 11) is 0. The molecule has 0 fully saturated rings. The maximum absolute atomic E-state index is 4.34. The summed E-state index contributed by atoms with van der Waals surface area (Å²) < 4.78 is 1.35. The highest BCUT2D eigenvalue weighted by molar-refractivity contribution is 14.1. The van der Waals surface area contributed by atoms with Gasteiger partial charge in [-0.25, -0.2) is 0 Å². The topological polar surface area (TPSA) is 12.9 Å². The smallest absolute Gasteiger partial charge is 0.0408 e. The zero-order chi connectivity index (χ0) is 7.84. The van der Waals surface area contributed by atoms with Gasteiger partial charge in [0.1, 0.15) is 0 Å². The fourth-order valence-electron chi connectivity index (χ4n) is 1.72. The van der Waals surface area contributed by atoms with Gasteiger partial charge in [0, 0.05) is 15.5 Å². The quantitative estimate of drug-likeness (QED) is 0.652. The average Bonchev–Trinajstić information content (AvgIpc) is 2.45. The SMILES string of the molecule is Cc1ncc(I)c2c1CCC2. The van der Waals surface area contributed by atoms with Crippen LogP contribution < -0.4 is 0 Å². The zero-order valence-electron chi connectivity index (χ0n) is 6.52. The van der Waals surface area contributed by atoms with E-state index in [1.54, 1.807) is 5.56 Å². The molecule has 0 bridgehead atoms. The average molecular weight is 259 g/mol. The molecule has 0 saturated heterocycles. The number of aromatic nitrogens is 1. The lowest BCUT2D eigenvalue weighted by Gasteiger charge is -2.03. The molecule has 1 aromatic heterocycles. The van der Waals surface area contributed by atoms with Gasteiger partial charge in [-0.3, -0.25) is 4.98 Å². The van der Waals surface area contributed by atoms with Crippen molar-refractivity contribution in [2.75, 3.05) is 0 Å². The number of hydrogen-bond acceptors (Lipinski definition) is 1. The number of pyridine rings is 1. The molecule has 0 aromatic carbocycles. The lowest BCUT2D eigenvalue weighted by atomic mass is 10.1. The first-order valence-electron chi connectivity index (χ1n) is 3.92. The van der Waals surface area contributed by atoms with E-state index < -0.39 is 0 Å². The third-order valence-electron chi connectivity index (χ3n) is 2.31. The molecule has 58 valence electrons. The minimum absolute atomic E-state index is 1.23. The van der Waals surface area contributed by atoms with Crippen molar-refractivity contribution >= 4 is 22.6 Å². The molecule has 1 aliphatic carbocycles. The van der Waals surface area contributed by atoms with Crippen LogP contribution >= 0.6 is 22.6 Å². The molecule has 1 nitrogen and oxygen atoms in total. The van der Waals surface area contributed by atoms with Gasteiger partial charge in [0.05, 0.1) is 0 Å². The highest BCUT2D eigenvalue weighted by Crippen LogP contribution is 2.27. The number of halogens is 1. The van der Waals surface area contributed by atoms with Crippen LogP contribution in [-0.2, 0) is 12.8 Å². The van der Waals surface area contributed by atoms with E-state index >= 15 is 0 Å². The van der Waals surface area contributed by atoms with Crippen LogP contribution in [0, 0.1) is 10.5 Å². The van der Waals surface area contributed by atoms with Crippen molar-refractivity contribution in [3.63, 3.8) is 0 Å². The van der Waals surface area contributed by atoms with E-state index in [0.717, 1.165) is 0 Å². The molecule has 0 N–H and O–H groups in total. The van der Waals surface area contributed by atoms with Gasteiger partial charge >= 0.3 is 0 Å². The molecule has 0 unspecified atom stereocenters. The number of fused-ring (bicyclic) bond motifs is 1. The van der Waals surface area contributed by atoms with Crippen molar-refractivity contribution in [3.8, 4) is 0 Å². The summed E-state index contributed by atoms with van der Waals surface area (Å²) in [5.74, 6) is 0. The molecule has 0 spiro atoms. The van der Waals surface area contributed by atoms with Gasteiger partial charge in [-0.05, 0) is 59.9 Å². The van der Waals surface area contributed by atoms with E-state index in [1.165, 1.54) is 34.1 Å². The summed E-state index contributed by atoms with van der Waals surface area (Å²) in [6, 6.07) is 0. The minimum atomic E-state index is 1.23. The highest BCUT2D eigenvalue weighted by atomic mass is 127. The van der Waals surface area contributed by atoms with Crippen LogP contribution in [0.4, 0.5) is 0 Å². The molecule has 0 atom stereocenters. The molecule has 0 saturated carbocycles. The maximum atomic E-state index is 4.34. The van der Waals surface area contributed by atoms with Crippen molar-refractivity contribution in [1.29, 1.82) is 0 Å². The molecular weight excluding hydrogens is 249 g/mol. The molecule has 0 amide bonds. The summed E-state index contributed by atoms with van der Waals surface area (Å²) in [6.07, 6.45) is 5.81. The largest absolute Gasteiger partial charge is 0.260 e. The van der Waals surface area contributed by atoms with Crippen LogP contribution in [0.25, 0.3) is 0 Å². The Morgan fingerprint density at radius 3 is 2.82 bits per heavy atom. The second-order valence-corrected chi connectivity index (χ2v) is 4.16. The van der Waals surface area contributed by atoms with Crippen LogP contribution in [0.1, 0.15) is 23.2 Å². The fourth-order valence-corrected chi connectivity index (χ4v) is 2.45. The van der Waals surface area contributed by atoms with Gasteiger partial charge in [-0.15, -0.1) is 0 Å². The molecular formula is C9H10IN. The molecule has 1 aliphatic rings. The van der Waals surface area contributed by atoms with Crippen LogP contribution in [0.5, 0.6) is 0 Å². The van der Waals surface area contributed by atoms with Gasteiger partial charge in [0.2, 0.25) is 0 Å². The van der Waals surface area contributed by atoms with Crippen LogP contribution in [0.3, 0.4) is 0 Å². The third kappa shape index (κ3) is 1.17. The van der Waals surface area contributed by atoms with Gasteiger partial charge in [-0.2, -0.15) is 0 Å². The number of aryl methyl sites for hydroxylation is 1. The number of rotatable bonds is 0. The fraction of sp³-hybridized carbons (Fsp3) is 0.444.